The smallest absolute Gasteiger partial charge is 0.251 e. The molecule has 1 aliphatic rings. The van der Waals surface area contributed by atoms with Gasteiger partial charge in [0, 0.05) is 36.8 Å². The maximum atomic E-state index is 13.4. The van der Waals surface area contributed by atoms with Crippen LogP contribution in [0, 0.1) is 12.8 Å². The van der Waals surface area contributed by atoms with Gasteiger partial charge < -0.3 is 15.5 Å². The number of fused-ring (bicyclic) bond motifs is 1. The Morgan fingerprint density at radius 1 is 0.974 bits per heavy atom. The van der Waals surface area contributed by atoms with Crippen molar-refractivity contribution in [1.82, 2.24) is 15.5 Å². The summed E-state index contributed by atoms with van der Waals surface area (Å²) in [5.41, 5.74) is 5.01. The number of carbonyl (C=O) groups excluding carboxylic acids is 2. The Morgan fingerprint density at radius 3 is 2.34 bits per heavy atom. The van der Waals surface area contributed by atoms with Crippen LogP contribution in [0.25, 0.3) is 0 Å². The van der Waals surface area contributed by atoms with Crippen molar-refractivity contribution in [3.8, 4) is 0 Å². The average Bonchev–Trinajstić information content (AvgIpc) is 2.91. The molecule has 1 aliphatic heterocycles. The molecule has 0 saturated heterocycles. The van der Waals surface area contributed by atoms with Crippen LogP contribution >= 0.6 is 0 Å². The molecule has 6 heteroatoms. The van der Waals surface area contributed by atoms with E-state index in [1.807, 2.05) is 36.9 Å². The molecule has 2 N–H and O–H groups in total. The third-order valence-corrected chi connectivity index (χ3v) is 7.61. The van der Waals surface area contributed by atoms with E-state index >= 15 is 0 Å². The van der Waals surface area contributed by atoms with Gasteiger partial charge in [-0.15, -0.1) is 0 Å². The van der Waals surface area contributed by atoms with Crippen molar-refractivity contribution in [2.24, 2.45) is 5.92 Å². The number of nitrogens with zero attached hydrogens (tertiary/aromatic N) is 2. The first kappa shape index (κ1) is 29.9. The van der Waals surface area contributed by atoms with Gasteiger partial charge in [0.05, 0.1) is 6.04 Å². The normalized spacial score (nSPS) is 15.9. The number of rotatable bonds is 8. The van der Waals surface area contributed by atoms with Gasteiger partial charge in [0.1, 0.15) is 0 Å². The van der Waals surface area contributed by atoms with Crippen molar-refractivity contribution >= 4 is 17.5 Å². The first-order chi connectivity index (χ1) is 18.3. The largest absolute Gasteiger partial charge is 0.350 e. The third kappa shape index (κ3) is 8.15. The van der Waals surface area contributed by atoms with Crippen LogP contribution in [0.3, 0.4) is 0 Å². The maximum absolute atomic E-state index is 13.4. The summed E-state index contributed by atoms with van der Waals surface area (Å²) >= 11 is 0. The van der Waals surface area contributed by atoms with Crippen LogP contribution in [0.2, 0.25) is 0 Å². The van der Waals surface area contributed by atoms with Crippen LogP contribution in [0.15, 0.2) is 42.5 Å². The second-order valence-electron chi connectivity index (χ2n) is 10.8. The van der Waals surface area contributed by atoms with Gasteiger partial charge in [0.2, 0.25) is 5.91 Å². The van der Waals surface area contributed by atoms with E-state index in [2.05, 4.69) is 60.6 Å². The van der Waals surface area contributed by atoms with Crippen molar-refractivity contribution in [2.45, 2.75) is 79.3 Å². The molecular weight excluding hydrogens is 472 g/mol. The van der Waals surface area contributed by atoms with Crippen LogP contribution in [-0.2, 0) is 11.3 Å². The highest BCUT2D eigenvalue weighted by Crippen LogP contribution is 2.26. The zero-order chi connectivity index (χ0) is 27.5. The van der Waals surface area contributed by atoms with Crippen LogP contribution in [0.4, 0.5) is 5.69 Å². The molecule has 0 bridgehead atoms. The van der Waals surface area contributed by atoms with Gasteiger partial charge in [0.15, 0.2) is 0 Å². The minimum absolute atomic E-state index is 0.0783. The van der Waals surface area contributed by atoms with Crippen LogP contribution in [-0.4, -0.2) is 49.4 Å². The van der Waals surface area contributed by atoms with E-state index in [0.717, 1.165) is 56.7 Å². The summed E-state index contributed by atoms with van der Waals surface area (Å²) < 4.78 is 0. The Balaban J connectivity index is 1.84. The Hall–Kier alpha value is -2.70. The number of anilines is 1. The van der Waals surface area contributed by atoms with Gasteiger partial charge in [-0.3, -0.25) is 14.5 Å². The minimum atomic E-state index is -0.0788. The summed E-state index contributed by atoms with van der Waals surface area (Å²) in [6, 6.07) is 14.5. The lowest BCUT2D eigenvalue weighted by molar-refractivity contribution is -0.121. The molecule has 0 spiro atoms. The second-order valence-corrected chi connectivity index (χ2v) is 10.8. The molecule has 0 aromatic heterocycles. The fraction of sp³-hybridized carbons (Fsp3) is 0.562. The van der Waals surface area contributed by atoms with E-state index < -0.39 is 0 Å². The minimum Gasteiger partial charge on any atom is -0.350 e. The van der Waals surface area contributed by atoms with Gasteiger partial charge in [-0.25, -0.2) is 0 Å². The second kappa shape index (κ2) is 15.0. The topological polar surface area (TPSA) is 64.7 Å². The molecule has 1 unspecified atom stereocenters. The third-order valence-electron chi connectivity index (χ3n) is 7.61. The Labute approximate surface area is 230 Å². The molecule has 1 atom stereocenters. The molecule has 208 valence electrons. The van der Waals surface area contributed by atoms with E-state index in [4.69, 9.17) is 0 Å². The van der Waals surface area contributed by atoms with E-state index in [1.54, 1.807) is 0 Å². The number of carbonyl (C=O) groups is 2. The van der Waals surface area contributed by atoms with Gasteiger partial charge >= 0.3 is 0 Å². The van der Waals surface area contributed by atoms with Gasteiger partial charge in [-0.1, -0.05) is 76.8 Å². The van der Waals surface area contributed by atoms with Crippen molar-refractivity contribution in [3.05, 3.63) is 64.7 Å². The van der Waals surface area contributed by atoms with E-state index in [9.17, 15) is 9.59 Å². The Bertz CT molecular complexity index is 1030. The fourth-order valence-corrected chi connectivity index (χ4v) is 5.27. The predicted octanol–water partition coefficient (Wildman–Crippen LogP) is 5.85. The summed E-state index contributed by atoms with van der Waals surface area (Å²) in [5, 5.41) is 6.75. The number of nitrogens with one attached hydrogen (secondary N) is 2. The van der Waals surface area contributed by atoms with Crippen molar-refractivity contribution in [3.63, 3.8) is 0 Å². The summed E-state index contributed by atoms with van der Waals surface area (Å²) in [6.07, 6.45) is 5.69. The first-order valence-corrected chi connectivity index (χ1v) is 14.6. The molecule has 0 aliphatic carbocycles. The quantitative estimate of drug-likeness (QED) is 0.458. The molecule has 2 aromatic carbocycles. The van der Waals surface area contributed by atoms with Crippen molar-refractivity contribution < 1.29 is 9.59 Å². The first-order valence-electron chi connectivity index (χ1n) is 14.6. The number of likely N-dealkylation sites (N-methyl/N-ethyl adjacent to an activating group) is 1. The highest BCUT2D eigenvalue weighted by Gasteiger charge is 2.23. The summed E-state index contributed by atoms with van der Waals surface area (Å²) in [7, 11) is 0. The van der Waals surface area contributed by atoms with E-state index in [-0.39, 0.29) is 23.8 Å². The molecule has 2 aromatic rings. The number of benzene rings is 2. The molecule has 0 fully saturated rings. The SMILES string of the molecule is CCN(CC)C(CNC(=O)c1ccc2c(c1)CNCCCCCCCN2C(=O)C(C)C)c1ccc(C)cc1. The van der Waals surface area contributed by atoms with Crippen LogP contribution < -0.4 is 15.5 Å². The number of hydrogen-bond donors (Lipinski definition) is 2. The molecule has 38 heavy (non-hydrogen) atoms. The molecule has 0 radical (unpaired) electrons. The maximum Gasteiger partial charge on any atom is 0.251 e. The average molecular weight is 521 g/mol. The van der Waals surface area contributed by atoms with Gasteiger partial charge in [-0.05, 0) is 68.7 Å². The molecule has 6 nitrogen and oxygen atoms in total. The lowest BCUT2D eigenvalue weighted by Crippen LogP contribution is -2.38. The van der Waals surface area contributed by atoms with Crippen molar-refractivity contribution in [2.75, 3.05) is 37.6 Å². The summed E-state index contributed by atoms with van der Waals surface area (Å²) in [6.45, 7) is 15.0. The lowest BCUT2D eigenvalue weighted by atomic mass is 10.0. The highest BCUT2D eigenvalue weighted by molar-refractivity contribution is 5.98. The van der Waals surface area contributed by atoms with Crippen LogP contribution in [0.5, 0.6) is 0 Å². The number of amides is 2. The highest BCUT2D eigenvalue weighted by atomic mass is 16.2. The zero-order valence-electron chi connectivity index (χ0n) is 24.2. The van der Waals surface area contributed by atoms with Crippen molar-refractivity contribution in [1.29, 1.82) is 0 Å². The van der Waals surface area contributed by atoms with E-state index in [1.165, 1.54) is 24.0 Å². The lowest BCUT2D eigenvalue weighted by Gasteiger charge is -2.30. The number of hydrogen-bond acceptors (Lipinski definition) is 4. The van der Waals surface area contributed by atoms with Gasteiger partial charge in [-0.2, -0.15) is 0 Å². The molecule has 2 amide bonds. The standard InChI is InChI=1S/C32H48N4O2/c1-6-35(7-2)30(26-15-13-25(5)14-16-26)23-34-31(37)27-17-18-29-28(21-27)22-33-19-11-9-8-10-12-20-36(29)32(38)24(3)4/h13-18,21,24,30,33H,6-12,19-20,22-23H2,1-5H3,(H,34,37). The summed E-state index contributed by atoms with van der Waals surface area (Å²) in [4.78, 5) is 30.9. The Kier molecular flexibility index (Phi) is 11.8. The van der Waals surface area contributed by atoms with Gasteiger partial charge in [0.25, 0.3) is 5.91 Å². The summed E-state index contributed by atoms with van der Waals surface area (Å²) in [5.74, 6) is -0.0175. The monoisotopic (exact) mass is 520 g/mol. The molecular formula is C32H48N4O2. The predicted molar refractivity (Wildman–Crippen MR) is 158 cm³/mol. The Morgan fingerprint density at radius 2 is 1.66 bits per heavy atom. The fourth-order valence-electron chi connectivity index (χ4n) is 5.27. The zero-order valence-corrected chi connectivity index (χ0v) is 24.2. The molecule has 1 heterocycles. The van der Waals surface area contributed by atoms with E-state index in [0.29, 0.717) is 18.7 Å². The number of aryl methyl sites for hydroxylation is 1. The molecule has 0 saturated carbocycles. The molecule has 3 rings (SSSR count). The van der Waals surface area contributed by atoms with Crippen LogP contribution in [0.1, 0.15) is 92.9 Å².